The van der Waals surface area contributed by atoms with Crippen LogP contribution in [0.2, 0.25) is 0 Å². The van der Waals surface area contributed by atoms with Crippen molar-refractivity contribution in [2.24, 2.45) is 11.7 Å². The van der Waals surface area contributed by atoms with Crippen molar-refractivity contribution in [2.45, 2.75) is 26.2 Å². The lowest BCUT2D eigenvalue weighted by Crippen LogP contribution is -2.21. The third-order valence-corrected chi connectivity index (χ3v) is 3.32. The Labute approximate surface area is 102 Å². The van der Waals surface area contributed by atoms with Crippen LogP contribution in [-0.4, -0.2) is 18.9 Å². The van der Waals surface area contributed by atoms with Gasteiger partial charge in [0.25, 0.3) is 0 Å². The Morgan fingerprint density at radius 1 is 1.47 bits per heavy atom. The van der Waals surface area contributed by atoms with Crippen LogP contribution < -0.4 is 10.5 Å². The zero-order valence-electron chi connectivity index (χ0n) is 10.2. The van der Waals surface area contributed by atoms with Crippen LogP contribution in [0.1, 0.15) is 35.2 Å². The molecule has 0 spiro atoms. The van der Waals surface area contributed by atoms with Crippen molar-refractivity contribution in [3.05, 3.63) is 29.3 Å². The van der Waals surface area contributed by atoms with Gasteiger partial charge in [0, 0.05) is 0 Å². The molecule has 1 aromatic carbocycles. The molecular formula is C14H19NO2. The lowest BCUT2D eigenvalue weighted by molar-refractivity contribution is 0.0994. The Hall–Kier alpha value is -1.35. The van der Waals surface area contributed by atoms with Crippen molar-refractivity contribution >= 4 is 5.78 Å². The summed E-state index contributed by atoms with van der Waals surface area (Å²) in [5.41, 5.74) is 7.08. The van der Waals surface area contributed by atoms with Crippen LogP contribution in [0.15, 0.2) is 18.2 Å². The summed E-state index contributed by atoms with van der Waals surface area (Å²) in [6, 6.07) is 5.69. The number of Topliss-reactive ketones (excluding diaryl/α,β-unsaturated/α-hetero) is 1. The topological polar surface area (TPSA) is 52.3 Å². The van der Waals surface area contributed by atoms with E-state index < -0.39 is 0 Å². The maximum Gasteiger partial charge on any atom is 0.180 e. The molecule has 3 heteroatoms. The number of rotatable bonds is 5. The Kier molecular flexibility index (Phi) is 3.79. The second-order valence-corrected chi connectivity index (χ2v) is 4.73. The molecule has 1 saturated carbocycles. The lowest BCUT2D eigenvalue weighted by Gasteiger charge is -2.25. The molecule has 2 rings (SSSR count). The van der Waals surface area contributed by atoms with Crippen molar-refractivity contribution in [2.75, 3.05) is 13.2 Å². The number of benzene rings is 1. The second-order valence-electron chi connectivity index (χ2n) is 4.73. The van der Waals surface area contributed by atoms with Crippen molar-refractivity contribution in [3.8, 4) is 5.75 Å². The quantitative estimate of drug-likeness (QED) is 0.794. The SMILES string of the molecule is Cc1ccc(OCC2CCC2)c(C(=O)CN)c1. The monoisotopic (exact) mass is 233 g/mol. The zero-order chi connectivity index (χ0) is 12.3. The van der Waals surface area contributed by atoms with Gasteiger partial charge in [0.15, 0.2) is 5.78 Å². The molecule has 1 aromatic rings. The number of nitrogens with two attached hydrogens (primary N) is 1. The normalized spacial score (nSPS) is 15.4. The molecule has 0 heterocycles. The van der Waals surface area contributed by atoms with E-state index >= 15 is 0 Å². The average Bonchev–Trinajstić information content (AvgIpc) is 2.27. The number of carbonyl (C=O) groups is 1. The van der Waals surface area contributed by atoms with E-state index in [9.17, 15) is 4.79 Å². The molecule has 0 amide bonds. The molecular weight excluding hydrogens is 214 g/mol. The minimum Gasteiger partial charge on any atom is -0.493 e. The van der Waals surface area contributed by atoms with Crippen LogP contribution in [0.4, 0.5) is 0 Å². The van der Waals surface area contributed by atoms with E-state index in [0.717, 1.165) is 5.56 Å². The highest BCUT2D eigenvalue weighted by atomic mass is 16.5. The summed E-state index contributed by atoms with van der Waals surface area (Å²) >= 11 is 0. The van der Waals surface area contributed by atoms with E-state index in [1.807, 2.05) is 25.1 Å². The first-order chi connectivity index (χ1) is 8.20. The van der Waals surface area contributed by atoms with Crippen LogP contribution in [0, 0.1) is 12.8 Å². The number of ether oxygens (including phenoxy) is 1. The second kappa shape index (κ2) is 5.32. The number of aryl methyl sites for hydroxylation is 1. The van der Waals surface area contributed by atoms with E-state index in [2.05, 4.69) is 0 Å². The summed E-state index contributed by atoms with van der Waals surface area (Å²) in [4.78, 5) is 11.7. The van der Waals surface area contributed by atoms with Gasteiger partial charge in [0.1, 0.15) is 5.75 Å². The fraction of sp³-hybridized carbons (Fsp3) is 0.500. The van der Waals surface area contributed by atoms with Crippen molar-refractivity contribution in [1.82, 2.24) is 0 Å². The number of ketones is 1. The number of hydrogen-bond acceptors (Lipinski definition) is 3. The summed E-state index contributed by atoms with van der Waals surface area (Å²) in [5, 5.41) is 0. The van der Waals surface area contributed by atoms with Gasteiger partial charge in [-0.3, -0.25) is 4.79 Å². The molecule has 0 unspecified atom stereocenters. The molecule has 0 aromatic heterocycles. The summed E-state index contributed by atoms with van der Waals surface area (Å²) in [6.07, 6.45) is 3.79. The predicted molar refractivity (Wildman–Crippen MR) is 67.4 cm³/mol. The first-order valence-electron chi connectivity index (χ1n) is 6.17. The standard InChI is InChI=1S/C14H19NO2/c1-10-5-6-14(12(7-10)13(16)8-15)17-9-11-3-2-4-11/h5-7,11H,2-4,8-9,15H2,1H3. The summed E-state index contributed by atoms with van der Waals surface area (Å²) in [7, 11) is 0. The molecule has 17 heavy (non-hydrogen) atoms. The van der Waals surface area contributed by atoms with Gasteiger partial charge in [-0.25, -0.2) is 0 Å². The smallest absolute Gasteiger partial charge is 0.180 e. The molecule has 1 aliphatic rings. The van der Waals surface area contributed by atoms with Gasteiger partial charge < -0.3 is 10.5 Å². The first kappa shape index (κ1) is 12.1. The van der Waals surface area contributed by atoms with Gasteiger partial charge in [-0.05, 0) is 37.8 Å². The van der Waals surface area contributed by atoms with Crippen molar-refractivity contribution in [3.63, 3.8) is 0 Å². The highest BCUT2D eigenvalue weighted by molar-refractivity contribution is 6.00. The Morgan fingerprint density at radius 3 is 2.82 bits per heavy atom. The molecule has 0 radical (unpaired) electrons. The molecule has 1 fully saturated rings. The Balaban J connectivity index is 2.10. The minimum absolute atomic E-state index is 0.0310. The fourth-order valence-electron chi connectivity index (χ4n) is 1.96. The summed E-state index contributed by atoms with van der Waals surface area (Å²) < 4.78 is 5.74. The largest absolute Gasteiger partial charge is 0.493 e. The highest BCUT2D eigenvalue weighted by Gasteiger charge is 2.19. The van der Waals surface area contributed by atoms with Gasteiger partial charge in [-0.2, -0.15) is 0 Å². The molecule has 92 valence electrons. The molecule has 0 bridgehead atoms. The van der Waals surface area contributed by atoms with Crippen LogP contribution in [0.25, 0.3) is 0 Å². The Morgan fingerprint density at radius 2 is 2.24 bits per heavy atom. The maximum absolute atomic E-state index is 11.7. The van der Waals surface area contributed by atoms with E-state index in [1.165, 1.54) is 19.3 Å². The summed E-state index contributed by atoms with van der Waals surface area (Å²) in [5.74, 6) is 1.28. The molecule has 2 N–H and O–H groups in total. The van der Waals surface area contributed by atoms with E-state index in [4.69, 9.17) is 10.5 Å². The van der Waals surface area contributed by atoms with Crippen LogP contribution in [0.3, 0.4) is 0 Å². The first-order valence-corrected chi connectivity index (χ1v) is 6.17. The summed E-state index contributed by atoms with van der Waals surface area (Å²) in [6.45, 7) is 2.71. The molecule has 3 nitrogen and oxygen atoms in total. The third kappa shape index (κ3) is 2.86. The van der Waals surface area contributed by atoms with E-state index in [-0.39, 0.29) is 12.3 Å². The predicted octanol–water partition coefficient (Wildman–Crippen LogP) is 2.32. The molecule has 0 atom stereocenters. The molecule has 1 aliphatic carbocycles. The van der Waals surface area contributed by atoms with Crippen molar-refractivity contribution in [1.29, 1.82) is 0 Å². The Bertz CT molecular complexity index is 411. The lowest BCUT2D eigenvalue weighted by atomic mass is 9.86. The number of carbonyl (C=O) groups excluding carboxylic acids is 1. The number of hydrogen-bond donors (Lipinski definition) is 1. The van der Waals surface area contributed by atoms with Crippen LogP contribution in [0.5, 0.6) is 5.75 Å². The van der Waals surface area contributed by atoms with Crippen molar-refractivity contribution < 1.29 is 9.53 Å². The van der Waals surface area contributed by atoms with Gasteiger partial charge >= 0.3 is 0 Å². The van der Waals surface area contributed by atoms with Crippen LogP contribution in [-0.2, 0) is 0 Å². The van der Waals surface area contributed by atoms with Gasteiger partial charge in [0.2, 0.25) is 0 Å². The van der Waals surface area contributed by atoms with E-state index in [1.54, 1.807) is 0 Å². The molecule has 0 aliphatic heterocycles. The average molecular weight is 233 g/mol. The zero-order valence-corrected chi connectivity index (χ0v) is 10.2. The van der Waals surface area contributed by atoms with Gasteiger partial charge in [0.05, 0.1) is 18.7 Å². The third-order valence-electron chi connectivity index (χ3n) is 3.32. The van der Waals surface area contributed by atoms with E-state index in [0.29, 0.717) is 23.8 Å². The highest BCUT2D eigenvalue weighted by Crippen LogP contribution is 2.28. The maximum atomic E-state index is 11.7. The van der Waals surface area contributed by atoms with Gasteiger partial charge in [-0.15, -0.1) is 0 Å². The minimum atomic E-state index is -0.0580. The van der Waals surface area contributed by atoms with Gasteiger partial charge in [-0.1, -0.05) is 18.1 Å². The van der Waals surface area contributed by atoms with Crippen LogP contribution >= 0.6 is 0 Å². The fourth-order valence-corrected chi connectivity index (χ4v) is 1.96. The molecule has 0 saturated heterocycles.